The fourth-order valence-corrected chi connectivity index (χ4v) is 2.49. The van der Waals surface area contributed by atoms with E-state index < -0.39 is 0 Å². The fourth-order valence-electron chi connectivity index (χ4n) is 2.49. The van der Waals surface area contributed by atoms with Gasteiger partial charge >= 0.3 is 0 Å². The van der Waals surface area contributed by atoms with Crippen LogP contribution in [0, 0.1) is 11.3 Å². The van der Waals surface area contributed by atoms with Crippen molar-refractivity contribution in [3.8, 4) is 17.3 Å². The van der Waals surface area contributed by atoms with Gasteiger partial charge in [0, 0.05) is 5.56 Å². The normalized spacial score (nSPS) is 10.6. The molecule has 0 spiro atoms. The number of rotatable bonds is 4. The number of fused-ring (bicyclic) bond motifs is 1. The maximum atomic E-state index is 9.24. The molecule has 0 atom stereocenters. The summed E-state index contributed by atoms with van der Waals surface area (Å²) in [4.78, 5) is 0. The monoisotopic (exact) mass is 261 g/mol. The van der Waals surface area contributed by atoms with Gasteiger partial charge in [0.1, 0.15) is 11.8 Å². The summed E-state index contributed by atoms with van der Waals surface area (Å²) in [5.74, 6) is 0. The molecule has 0 saturated carbocycles. The SMILES string of the molecule is C=CCc1cc2c(C#N)[nH]n(Cc3ccccc3)c-2c1. The molecule has 3 nitrogen and oxygen atoms in total. The Labute approximate surface area is 118 Å². The van der Waals surface area contributed by atoms with Crippen molar-refractivity contribution in [3.63, 3.8) is 0 Å². The summed E-state index contributed by atoms with van der Waals surface area (Å²) in [6.07, 6.45) is 2.70. The molecule has 0 saturated heterocycles. The number of benzene rings is 1. The molecule has 1 aromatic rings. The maximum Gasteiger partial charge on any atom is 0.141 e. The summed E-state index contributed by atoms with van der Waals surface area (Å²) in [5.41, 5.74) is 5.07. The number of nitriles is 1. The predicted octanol–water partition coefficient (Wildman–Crippen LogP) is 3.57. The second-order valence-electron chi connectivity index (χ2n) is 4.83. The van der Waals surface area contributed by atoms with Crippen LogP contribution in [0.15, 0.2) is 55.1 Å². The minimum Gasteiger partial charge on any atom is -0.287 e. The first-order chi connectivity index (χ1) is 9.81. The molecular formula is C17H15N3. The van der Waals surface area contributed by atoms with Crippen molar-refractivity contribution in [1.82, 2.24) is 9.78 Å². The lowest BCUT2D eigenvalue weighted by Gasteiger charge is -2.05. The van der Waals surface area contributed by atoms with Crippen LogP contribution >= 0.6 is 0 Å². The van der Waals surface area contributed by atoms with Crippen molar-refractivity contribution < 1.29 is 0 Å². The summed E-state index contributed by atoms with van der Waals surface area (Å²) < 4.78 is 2.02. The van der Waals surface area contributed by atoms with E-state index in [0.717, 1.165) is 24.2 Å². The molecule has 1 aromatic carbocycles. The molecule has 0 radical (unpaired) electrons. The highest BCUT2D eigenvalue weighted by molar-refractivity contribution is 5.71. The van der Waals surface area contributed by atoms with Crippen LogP contribution in [0.2, 0.25) is 0 Å². The van der Waals surface area contributed by atoms with Gasteiger partial charge in [0.15, 0.2) is 0 Å². The third kappa shape index (κ3) is 2.12. The van der Waals surface area contributed by atoms with Crippen LogP contribution in [0.5, 0.6) is 0 Å². The zero-order valence-electron chi connectivity index (χ0n) is 11.1. The molecule has 0 fully saturated rings. The van der Waals surface area contributed by atoms with E-state index in [1.165, 1.54) is 11.1 Å². The summed E-state index contributed by atoms with van der Waals surface area (Å²) in [6.45, 7) is 4.50. The van der Waals surface area contributed by atoms with Crippen molar-refractivity contribution in [2.24, 2.45) is 0 Å². The smallest absolute Gasteiger partial charge is 0.141 e. The van der Waals surface area contributed by atoms with Crippen LogP contribution < -0.4 is 0 Å². The molecular weight excluding hydrogens is 246 g/mol. The molecule has 1 aliphatic heterocycles. The van der Waals surface area contributed by atoms with Gasteiger partial charge in [-0.25, -0.2) is 0 Å². The summed E-state index contributed by atoms with van der Waals surface area (Å²) >= 11 is 0. The largest absolute Gasteiger partial charge is 0.287 e. The molecule has 1 N–H and O–H groups in total. The highest BCUT2D eigenvalue weighted by Crippen LogP contribution is 2.30. The molecule has 98 valence electrons. The lowest BCUT2D eigenvalue weighted by atomic mass is 10.2. The minimum atomic E-state index is 0.617. The van der Waals surface area contributed by atoms with Crippen LogP contribution in [0.4, 0.5) is 0 Å². The van der Waals surface area contributed by atoms with Gasteiger partial charge < -0.3 is 0 Å². The first-order valence-corrected chi connectivity index (χ1v) is 6.58. The third-order valence-corrected chi connectivity index (χ3v) is 3.41. The summed E-state index contributed by atoms with van der Waals surface area (Å²) in [5, 5.41) is 12.4. The lowest BCUT2D eigenvalue weighted by Crippen LogP contribution is -2.02. The van der Waals surface area contributed by atoms with Crippen LogP contribution in [0.25, 0.3) is 11.3 Å². The Kier molecular flexibility index (Phi) is 3.14. The Morgan fingerprint density at radius 3 is 2.70 bits per heavy atom. The molecule has 3 rings (SSSR count). The maximum absolute atomic E-state index is 9.24. The van der Waals surface area contributed by atoms with E-state index in [0.29, 0.717) is 5.69 Å². The van der Waals surface area contributed by atoms with E-state index in [9.17, 15) is 5.26 Å². The van der Waals surface area contributed by atoms with E-state index in [4.69, 9.17) is 0 Å². The number of hydrogen-bond donors (Lipinski definition) is 1. The number of aromatic nitrogens is 2. The Morgan fingerprint density at radius 1 is 1.20 bits per heavy atom. The molecule has 3 heteroatoms. The molecule has 20 heavy (non-hydrogen) atoms. The van der Waals surface area contributed by atoms with Crippen molar-refractivity contribution in [3.05, 3.63) is 71.9 Å². The number of allylic oxidation sites excluding steroid dienone is 1. The number of aromatic amines is 1. The van der Waals surface area contributed by atoms with Gasteiger partial charge in [-0.3, -0.25) is 9.78 Å². The van der Waals surface area contributed by atoms with E-state index in [1.54, 1.807) is 0 Å². The van der Waals surface area contributed by atoms with E-state index >= 15 is 0 Å². The summed E-state index contributed by atoms with van der Waals surface area (Å²) in [6, 6.07) is 16.6. The quantitative estimate of drug-likeness (QED) is 0.717. The number of nitrogens with one attached hydrogen (secondary N) is 1. The number of nitrogens with zero attached hydrogens (tertiary/aromatic N) is 2. The Bertz CT molecular complexity index is 741. The minimum absolute atomic E-state index is 0.617. The van der Waals surface area contributed by atoms with Crippen LogP contribution in [0.3, 0.4) is 0 Å². The van der Waals surface area contributed by atoms with Gasteiger partial charge in [-0.15, -0.1) is 6.58 Å². The number of H-pyrrole nitrogens is 1. The van der Waals surface area contributed by atoms with Gasteiger partial charge in [0.25, 0.3) is 0 Å². The van der Waals surface area contributed by atoms with Gasteiger partial charge in [-0.2, -0.15) is 5.26 Å². The Hall–Kier alpha value is -2.73. The molecule has 1 heterocycles. The average Bonchev–Trinajstić information content (AvgIpc) is 3.00. The van der Waals surface area contributed by atoms with Crippen molar-refractivity contribution in [2.75, 3.05) is 0 Å². The van der Waals surface area contributed by atoms with E-state index in [-0.39, 0.29) is 0 Å². The second kappa shape index (κ2) is 5.10. The number of hydrogen-bond acceptors (Lipinski definition) is 1. The van der Waals surface area contributed by atoms with Crippen LogP contribution in [-0.2, 0) is 13.0 Å². The van der Waals surface area contributed by atoms with E-state index in [2.05, 4.69) is 42.0 Å². The van der Waals surface area contributed by atoms with Crippen LogP contribution in [0.1, 0.15) is 16.8 Å². The highest BCUT2D eigenvalue weighted by Gasteiger charge is 2.17. The fraction of sp³-hybridized carbons (Fsp3) is 0.118. The van der Waals surface area contributed by atoms with E-state index in [1.807, 2.05) is 29.0 Å². The van der Waals surface area contributed by atoms with Gasteiger partial charge in [-0.1, -0.05) is 36.4 Å². The molecule has 1 aliphatic carbocycles. The molecule has 0 unspecified atom stereocenters. The molecule has 0 bridgehead atoms. The first-order valence-electron chi connectivity index (χ1n) is 6.58. The molecule has 0 amide bonds. The highest BCUT2D eigenvalue weighted by atomic mass is 15.3. The standard InChI is InChI=1S/C17H15N3/c1-2-6-14-9-15-16(11-18)19-20(17(15)10-14)12-13-7-4-3-5-8-13/h2-5,7-10,19H,1,6,12H2. The first kappa shape index (κ1) is 12.3. The lowest BCUT2D eigenvalue weighted by molar-refractivity contribution is 0.693. The van der Waals surface area contributed by atoms with Crippen LogP contribution in [-0.4, -0.2) is 9.78 Å². The topological polar surface area (TPSA) is 44.5 Å². The van der Waals surface area contributed by atoms with Crippen molar-refractivity contribution in [1.29, 1.82) is 5.26 Å². The predicted molar refractivity (Wildman–Crippen MR) is 79.6 cm³/mol. The molecule has 2 aliphatic rings. The Morgan fingerprint density at radius 2 is 2.00 bits per heavy atom. The van der Waals surface area contributed by atoms with Crippen molar-refractivity contribution >= 4 is 0 Å². The van der Waals surface area contributed by atoms with Gasteiger partial charge in [-0.05, 0) is 29.7 Å². The van der Waals surface area contributed by atoms with Gasteiger partial charge in [0.2, 0.25) is 0 Å². The zero-order valence-corrected chi connectivity index (χ0v) is 11.1. The van der Waals surface area contributed by atoms with Crippen molar-refractivity contribution in [2.45, 2.75) is 13.0 Å². The van der Waals surface area contributed by atoms with Gasteiger partial charge in [0.05, 0.1) is 12.2 Å². The Balaban J connectivity index is 2.02. The zero-order chi connectivity index (χ0) is 13.9. The average molecular weight is 261 g/mol. The second-order valence-corrected chi connectivity index (χ2v) is 4.83. The third-order valence-electron chi connectivity index (χ3n) is 3.41. The molecule has 0 aromatic heterocycles. The summed E-state index contributed by atoms with van der Waals surface area (Å²) in [7, 11) is 0.